The number of nitrogens with one attached hydrogen (secondary N) is 1. The number of rotatable bonds is 5. The highest BCUT2D eigenvalue weighted by atomic mass is 32.1. The van der Waals surface area contributed by atoms with Crippen LogP contribution >= 0.6 is 11.5 Å². The Kier molecular flexibility index (Phi) is 4.08. The zero-order chi connectivity index (χ0) is 13.1. The van der Waals surface area contributed by atoms with E-state index in [0.29, 0.717) is 6.04 Å². The molecule has 0 amide bonds. The third-order valence-corrected chi connectivity index (χ3v) is 3.90. The van der Waals surface area contributed by atoms with Crippen LogP contribution < -0.4 is 5.32 Å². The summed E-state index contributed by atoms with van der Waals surface area (Å²) in [4.78, 5) is 1.19. The van der Waals surface area contributed by atoms with E-state index < -0.39 is 0 Å². The van der Waals surface area contributed by atoms with E-state index in [-0.39, 0.29) is 6.04 Å². The van der Waals surface area contributed by atoms with Gasteiger partial charge in [-0.2, -0.15) is 5.10 Å². The van der Waals surface area contributed by atoms with E-state index in [0.717, 1.165) is 17.8 Å². The molecule has 18 heavy (non-hydrogen) atoms. The van der Waals surface area contributed by atoms with E-state index in [4.69, 9.17) is 0 Å². The van der Waals surface area contributed by atoms with Crippen molar-refractivity contribution in [2.24, 2.45) is 0 Å². The van der Waals surface area contributed by atoms with Gasteiger partial charge in [-0.15, -0.1) is 5.10 Å². The van der Waals surface area contributed by atoms with Crippen LogP contribution in [0.5, 0.6) is 0 Å². The van der Waals surface area contributed by atoms with Crippen LogP contribution in [0, 0.1) is 6.92 Å². The smallest absolute Gasteiger partial charge is 0.0772 e. The molecule has 2 rings (SSSR count). The summed E-state index contributed by atoms with van der Waals surface area (Å²) in [5, 5.41) is 12.0. The van der Waals surface area contributed by atoms with Gasteiger partial charge in [0.2, 0.25) is 0 Å². The molecule has 1 N–H and O–H groups in total. The average Bonchev–Trinajstić information content (AvgIpc) is 2.95. The minimum absolute atomic E-state index is 0.237. The van der Waals surface area contributed by atoms with Crippen LogP contribution in [-0.4, -0.2) is 26.4 Å². The summed E-state index contributed by atoms with van der Waals surface area (Å²) in [5.74, 6) is 0. The zero-order valence-corrected chi connectivity index (χ0v) is 12.0. The lowest BCUT2D eigenvalue weighted by Crippen LogP contribution is -2.19. The number of likely N-dealkylation sites (N-methyl/N-ethyl adjacent to an activating group) is 1. The van der Waals surface area contributed by atoms with Crippen molar-refractivity contribution in [2.75, 3.05) is 7.05 Å². The Labute approximate surface area is 111 Å². The van der Waals surface area contributed by atoms with Gasteiger partial charge in [0.25, 0.3) is 0 Å². The van der Waals surface area contributed by atoms with Crippen molar-refractivity contribution in [2.45, 2.75) is 39.3 Å². The molecule has 0 spiro atoms. The topological polar surface area (TPSA) is 55.6 Å². The first-order valence-electron chi connectivity index (χ1n) is 6.12. The van der Waals surface area contributed by atoms with Crippen molar-refractivity contribution in [1.29, 1.82) is 0 Å². The summed E-state index contributed by atoms with van der Waals surface area (Å²) in [6.07, 6.45) is 2.89. The molecule has 0 fully saturated rings. The summed E-state index contributed by atoms with van der Waals surface area (Å²) in [5.41, 5.74) is 2.10. The van der Waals surface area contributed by atoms with Gasteiger partial charge in [-0.3, -0.25) is 4.68 Å². The fourth-order valence-electron chi connectivity index (χ4n) is 1.87. The van der Waals surface area contributed by atoms with Gasteiger partial charge in [-0.1, -0.05) is 4.49 Å². The van der Waals surface area contributed by atoms with Crippen LogP contribution in [0.15, 0.2) is 12.3 Å². The van der Waals surface area contributed by atoms with Gasteiger partial charge in [0, 0.05) is 18.7 Å². The average molecular weight is 265 g/mol. The molecule has 0 saturated carbocycles. The zero-order valence-electron chi connectivity index (χ0n) is 11.2. The molecule has 0 aliphatic carbocycles. The number of aryl methyl sites for hydroxylation is 1. The highest BCUT2D eigenvalue weighted by molar-refractivity contribution is 7.05. The first-order chi connectivity index (χ1) is 8.61. The molecular formula is C12H19N5S. The highest BCUT2D eigenvalue weighted by Gasteiger charge is 2.17. The maximum absolute atomic E-state index is 4.58. The van der Waals surface area contributed by atoms with E-state index in [2.05, 4.69) is 39.9 Å². The van der Waals surface area contributed by atoms with E-state index in [1.807, 2.05) is 24.9 Å². The Morgan fingerprint density at radius 3 is 2.72 bits per heavy atom. The molecule has 1 unspecified atom stereocenters. The minimum atomic E-state index is 0.237. The molecule has 2 aromatic rings. The number of hydrogen-bond donors (Lipinski definition) is 1. The number of aromatic nitrogens is 4. The largest absolute Gasteiger partial charge is 0.312 e. The van der Waals surface area contributed by atoms with E-state index in [1.54, 1.807) is 0 Å². The molecule has 0 aliphatic heterocycles. The van der Waals surface area contributed by atoms with Crippen LogP contribution in [0.1, 0.15) is 42.2 Å². The first kappa shape index (κ1) is 13.2. The van der Waals surface area contributed by atoms with Gasteiger partial charge < -0.3 is 5.32 Å². The predicted molar refractivity (Wildman–Crippen MR) is 72.8 cm³/mol. The predicted octanol–water partition coefficient (Wildman–Crippen LogP) is 2.13. The third kappa shape index (κ3) is 2.76. The van der Waals surface area contributed by atoms with Crippen molar-refractivity contribution < 1.29 is 0 Å². The molecule has 5 nitrogen and oxygen atoms in total. The van der Waals surface area contributed by atoms with Gasteiger partial charge in [0.05, 0.1) is 22.3 Å². The first-order valence-corrected chi connectivity index (χ1v) is 6.89. The van der Waals surface area contributed by atoms with Crippen molar-refractivity contribution >= 4 is 11.5 Å². The fourth-order valence-corrected chi connectivity index (χ4v) is 2.62. The Morgan fingerprint density at radius 1 is 1.44 bits per heavy atom. The maximum Gasteiger partial charge on any atom is 0.0772 e. The van der Waals surface area contributed by atoms with Crippen LogP contribution in [0.2, 0.25) is 0 Å². The van der Waals surface area contributed by atoms with E-state index >= 15 is 0 Å². The molecule has 1 atom stereocenters. The second-order valence-electron chi connectivity index (χ2n) is 4.65. The lowest BCUT2D eigenvalue weighted by atomic mass is 10.1. The fraction of sp³-hybridized carbons (Fsp3) is 0.583. The standard InChI is InChI=1S/C12H19N5S/c1-8(2)17-6-5-10(15-17)7-11(13-4)12-9(3)14-16-18-12/h5-6,8,11,13H,7H2,1-4H3. The van der Waals surface area contributed by atoms with Gasteiger partial charge in [0.1, 0.15) is 0 Å². The van der Waals surface area contributed by atoms with Crippen LogP contribution in [-0.2, 0) is 6.42 Å². The summed E-state index contributed by atoms with van der Waals surface area (Å²) in [6.45, 7) is 6.25. The van der Waals surface area contributed by atoms with Crippen molar-refractivity contribution in [3.63, 3.8) is 0 Å². The lowest BCUT2D eigenvalue weighted by molar-refractivity contribution is 0.516. The normalized spacial score (nSPS) is 13.2. The van der Waals surface area contributed by atoms with E-state index in [9.17, 15) is 0 Å². The second-order valence-corrected chi connectivity index (χ2v) is 5.43. The lowest BCUT2D eigenvalue weighted by Gasteiger charge is -2.13. The number of nitrogens with zero attached hydrogens (tertiary/aromatic N) is 4. The molecule has 6 heteroatoms. The number of hydrogen-bond acceptors (Lipinski definition) is 5. The monoisotopic (exact) mass is 265 g/mol. The minimum Gasteiger partial charge on any atom is -0.312 e. The van der Waals surface area contributed by atoms with Crippen molar-refractivity contribution in [3.8, 4) is 0 Å². The van der Waals surface area contributed by atoms with Crippen LogP contribution in [0.3, 0.4) is 0 Å². The Balaban J connectivity index is 2.13. The van der Waals surface area contributed by atoms with Crippen LogP contribution in [0.25, 0.3) is 0 Å². The summed E-state index contributed by atoms with van der Waals surface area (Å²) < 4.78 is 5.98. The SMILES string of the molecule is CNC(Cc1ccn(C(C)C)n1)c1snnc1C. The molecule has 98 valence electrons. The maximum atomic E-state index is 4.58. The van der Waals surface area contributed by atoms with Crippen LogP contribution in [0.4, 0.5) is 0 Å². The van der Waals surface area contributed by atoms with E-state index in [1.165, 1.54) is 16.4 Å². The Morgan fingerprint density at radius 2 is 2.22 bits per heavy atom. The van der Waals surface area contributed by atoms with Gasteiger partial charge >= 0.3 is 0 Å². The van der Waals surface area contributed by atoms with Gasteiger partial charge in [-0.05, 0) is 45.4 Å². The highest BCUT2D eigenvalue weighted by Crippen LogP contribution is 2.22. The van der Waals surface area contributed by atoms with Crippen molar-refractivity contribution in [1.82, 2.24) is 24.7 Å². The molecule has 0 bridgehead atoms. The Hall–Kier alpha value is -1.27. The van der Waals surface area contributed by atoms with Gasteiger partial charge in [0.15, 0.2) is 0 Å². The van der Waals surface area contributed by atoms with Gasteiger partial charge in [-0.25, -0.2) is 0 Å². The molecule has 2 aromatic heterocycles. The quantitative estimate of drug-likeness (QED) is 0.899. The van der Waals surface area contributed by atoms with Crippen molar-refractivity contribution in [3.05, 3.63) is 28.5 Å². The molecule has 0 radical (unpaired) electrons. The summed E-state index contributed by atoms with van der Waals surface area (Å²) in [6, 6.07) is 2.72. The second kappa shape index (κ2) is 5.58. The molecule has 2 heterocycles. The molecule has 0 aliphatic rings. The third-order valence-electron chi connectivity index (χ3n) is 2.96. The molecule has 0 aromatic carbocycles. The molecule has 0 saturated heterocycles. The Bertz CT molecular complexity index is 502. The summed E-state index contributed by atoms with van der Waals surface area (Å²) in [7, 11) is 1.96. The summed E-state index contributed by atoms with van der Waals surface area (Å²) >= 11 is 1.46. The molecular weight excluding hydrogens is 246 g/mol.